The summed E-state index contributed by atoms with van der Waals surface area (Å²) in [5, 5.41) is 33.5. The van der Waals surface area contributed by atoms with Gasteiger partial charge in [-0.05, 0) is 44.5 Å². The summed E-state index contributed by atoms with van der Waals surface area (Å²) in [4.78, 5) is 79.2. The van der Waals surface area contributed by atoms with Gasteiger partial charge in [0, 0.05) is 10.3 Å². The predicted octanol–water partition coefficient (Wildman–Crippen LogP) is 1.19. The van der Waals surface area contributed by atoms with Crippen molar-refractivity contribution in [2.24, 2.45) is 0 Å². The lowest BCUT2D eigenvalue weighted by molar-refractivity contribution is -0.161. The standard InChI is InChI=1S/C28H30N4O10S/c1-4-42-18(35)13-31(23(37)15-10-11-16(33)17(34)12-15)27(41)30-19(14-8-6-5-7-9-14)22(36)29-20-24(38)32-21(26(39)40)28(2,3)43-25(20)32/h5-12,19-21,25,33-34H,4,13H2,1-3H3,(H,29,36)(H,30,41)(H,39,40)/t19?,20-,21+,25-/m1/s1. The zero-order valence-corrected chi connectivity index (χ0v) is 24.2. The van der Waals surface area contributed by atoms with Crippen molar-refractivity contribution in [3.63, 3.8) is 0 Å². The Hall–Kier alpha value is -4.79. The third kappa shape index (κ3) is 6.21. The van der Waals surface area contributed by atoms with E-state index in [9.17, 15) is 44.1 Å². The zero-order valence-electron chi connectivity index (χ0n) is 23.3. The number of carbonyl (C=O) groups is 6. The maximum atomic E-state index is 13.6. The second kappa shape index (κ2) is 12.2. The van der Waals surface area contributed by atoms with Crippen LogP contribution in [0.1, 0.15) is 42.7 Å². The second-order valence-corrected chi connectivity index (χ2v) is 12.0. The Morgan fingerprint density at radius 2 is 1.74 bits per heavy atom. The largest absolute Gasteiger partial charge is 0.504 e. The van der Waals surface area contributed by atoms with Crippen LogP contribution in [0.15, 0.2) is 48.5 Å². The van der Waals surface area contributed by atoms with Crippen molar-refractivity contribution in [2.75, 3.05) is 13.2 Å². The van der Waals surface area contributed by atoms with Crippen molar-refractivity contribution in [3.05, 3.63) is 59.7 Å². The number of hydrogen-bond acceptors (Lipinski definition) is 10. The zero-order chi connectivity index (χ0) is 31.6. The number of carboxylic acids is 1. The molecule has 2 aliphatic rings. The summed E-state index contributed by atoms with van der Waals surface area (Å²) >= 11 is 1.23. The first-order valence-electron chi connectivity index (χ1n) is 13.1. The van der Waals surface area contributed by atoms with E-state index in [0.717, 1.165) is 18.2 Å². The lowest BCUT2D eigenvalue weighted by Gasteiger charge is -2.44. The SMILES string of the molecule is CCOC(=O)CN(C(=O)NC(C(=O)N[C@@H]1C(=O)N2[C@@H]1SC(C)(C)[C@@H]2C(=O)O)c1ccccc1)C(=O)c1ccc(O)c(O)c1. The molecule has 228 valence electrons. The van der Waals surface area contributed by atoms with E-state index in [4.69, 9.17) is 4.74 Å². The first kappa shape index (κ1) is 31.2. The second-order valence-electron chi connectivity index (χ2n) is 10.3. The van der Waals surface area contributed by atoms with Gasteiger partial charge >= 0.3 is 18.0 Å². The molecule has 2 saturated heterocycles. The van der Waals surface area contributed by atoms with Crippen LogP contribution in [0.5, 0.6) is 11.5 Å². The van der Waals surface area contributed by atoms with Crippen LogP contribution in [0, 0.1) is 0 Å². The van der Waals surface area contributed by atoms with Crippen molar-refractivity contribution in [2.45, 2.75) is 49.0 Å². The number of benzene rings is 2. The summed E-state index contributed by atoms with van der Waals surface area (Å²) in [5.74, 6) is -5.69. The minimum absolute atomic E-state index is 0.0390. The highest BCUT2D eigenvalue weighted by Crippen LogP contribution is 2.50. The third-order valence-corrected chi connectivity index (χ3v) is 8.51. The van der Waals surface area contributed by atoms with Gasteiger partial charge in [0.15, 0.2) is 11.5 Å². The predicted molar refractivity (Wildman–Crippen MR) is 151 cm³/mol. The monoisotopic (exact) mass is 614 g/mol. The van der Waals surface area contributed by atoms with Crippen LogP contribution < -0.4 is 10.6 Å². The summed E-state index contributed by atoms with van der Waals surface area (Å²) in [6.45, 7) is 4.03. The first-order chi connectivity index (χ1) is 20.3. The molecule has 2 heterocycles. The molecule has 2 fully saturated rings. The van der Waals surface area contributed by atoms with Crippen LogP contribution in [0.25, 0.3) is 0 Å². The highest BCUT2D eigenvalue weighted by atomic mass is 32.2. The van der Waals surface area contributed by atoms with E-state index in [0.29, 0.717) is 4.90 Å². The van der Waals surface area contributed by atoms with E-state index in [1.807, 2.05) is 0 Å². The van der Waals surface area contributed by atoms with Gasteiger partial charge in [0.1, 0.15) is 30.0 Å². The van der Waals surface area contributed by atoms with Gasteiger partial charge in [-0.2, -0.15) is 0 Å². The van der Waals surface area contributed by atoms with E-state index in [1.165, 1.54) is 35.7 Å². The molecule has 0 saturated carbocycles. The number of hydrogen-bond donors (Lipinski definition) is 5. The molecule has 2 aromatic rings. The summed E-state index contributed by atoms with van der Waals surface area (Å²) in [5.41, 5.74) is 0.0371. The highest BCUT2D eigenvalue weighted by molar-refractivity contribution is 8.01. The Kier molecular flexibility index (Phi) is 8.85. The molecule has 4 rings (SSSR count). The maximum absolute atomic E-state index is 13.6. The molecule has 2 aliphatic heterocycles. The van der Waals surface area contributed by atoms with Gasteiger partial charge in [0.2, 0.25) is 11.8 Å². The lowest BCUT2D eigenvalue weighted by atomic mass is 9.95. The molecule has 43 heavy (non-hydrogen) atoms. The molecule has 0 aromatic heterocycles. The fourth-order valence-corrected chi connectivity index (χ4v) is 6.54. The summed E-state index contributed by atoms with van der Waals surface area (Å²) in [6, 6.07) is 6.23. The minimum atomic E-state index is -1.45. The van der Waals surface area contributed by atoms with Crippen molar-refractivity contribution < 1.29 is 48.8 Å². The molecule has 15 heteroatoms. The number of carboxylic acid groups (broad SMARTS) is 1. The average molecular weight is 615 g/mol. The summed E-state index contributed by atoms with van der Waals surface area (Å²) < 4.78 is 4.07. The molecule has 0 aliphatic carbocycles. The molecule has 4 atom stereocenters. The van der Waals surface area contributed by atoms with Gasteiger partial charge in [-0.3, -0.25) is 19.2 Å². The Bertz CT molecular complexity index is 1470. The lowest BCUT2D eigenvalue weighted by Crippen LogP contribution is -2.71. The Labute approximate surface area is 250 Å². The molecule has 2 aromatic carbocycles. The van der Waals surface area contributed by atoms with Crippen LogP contribution in [0.4, 0.5) is 4.79 Å². The molecule has 5 N–H and O–H groups in total. The van der Waals surface area contributed by atoms with E-state index in [2.05, 4.69) is 10.6 Å². The van der Waals surface area contributed by atoms with Gasteiger partial charge in [0.25, 0.3) is 5.91 Å². The Morgan fingerprint density at radius 1 is 1.07 bits per heavy atom. The fraction of sp³-hybridized carbons (Fsp3) is 0.357. The average Bonchev–Trinajstić information content (AvgIpc) is 3.22. The molecule has 5 amide bonds. The number of ether oxygens (including phenoxy) is 1. The van der Waals surface area contributed by atoms with Gasteiger partial charge in [-0.25, -0.2) is 14.5 Å². The number of carbonyl (C=O) groups excluding carboxylic acids is 5. The molecule has 0 bridgehead atoms. The highest BCUT2D eigenvalue weighted by Gasteiger charge is 2.64. The van der Waals surface area contributed by atoms with Crippen LogP contribution in [0.2, 0.25) is 0 Å². The number of phenols is 2. The Morgan fingerprint density at radius 3 is 2.35 bits per heavy atom. The number of β-lactam (4-membered cyclic amide) rings is 1. The number of thioether (sulfide) groups is 1. The number of nitrogens with one attached hydrogen (secondary N) is 2. The molecular weight excluding hydrogens is 584 g/mol. The number of nitrogens with zero attached hydrogens (tertiary/aromatic N) is 2. The molecule has 1 unspecified atom stereocenters. The number of imide groups is 1. The number of aliphatic carboxylic acids is 1. The fourth-order valence-electron chi connectivity index (χ4n) is 4.91. The number of phenolic OH excluding ortho intramolecular Hbond substituents is 2. The van der Waals surface area contributed by atoms with Crippen molar-refractivity contribution >= 4 is 47.5 Å². The van der Waals surface area contributed by atoms with Crippen LogP contribution >= 0.6 is 11.8 Å². The van der Waals surface area contributed by atoms with Gasteiger partial charge < -0.3 is 35.6 Å². The number of aromatic hydroxyl groups is 2. The van der Waals surface area contributed by atoms with E-state index in [-0.39, 0.29) is 17.7 Å². The molecular formula is C28H30N4O10S. The molecule has 14 nitrogen and oxygen atoms in total. The quantitative estimate of drug-likeness (QED) is 0.154. The normalized spacial score (nSPS) is 20.7. The van der Waals surface area contributed by atoms with E-state index < -0.39 is 82.0 Å². The van der Waals surface area contributed by atoms with Gasteiger partial charge in [-0.1, -0.05) is 30.3 Å². The van der Waals surface area contributed by atoms with Crippen molar-refractivity contribution in [1.29, 1.82) is 0 Å². The smallest absolute Gasteiger partial charge is 0.327 e. The Balaban J connectivity index is 1.59. The van der Waals surface area contributed by atoms with Gasteiger partial charge in [-0.15, -0.1) is 11.8 Å². The number of urea groups is 1. The van der Waals surface area contributed by atoms with Crippen molar-refractivity contribution in [3.8, 4) is 11.5 Å². The molecule has 0 radical (unpaired) electrons. The maximum Gasteiger partial charge on any atom is 0.327 e. The summed E-state index contributed by atoms with van der Waals surface area (Å²) in [7, 11) is 0. The van der Waals surface area contributed by atoms with Crippen LogP contribution in [0.3, 0.4) is 0 Å². The minimum Gasteiger partial charge on any atom is -0.504 e. The van der Waals surface area contributed by atoms with E-state index >= 15 is 0 Å². The third-order valence-electron chi connectivity index (χ3n) is 6.94. The van der Waals surface area contributed by atoms with E-state index in [1.54, 1.807) is 32.0 Å². The number of esters is 1. The molecule has 0 spiro atoms. The number of amides is 5. The number of rotatable bonds is 9. The van der Waals surface area contributed by atoms with Crippen molar-refractivity contribution in [1.82, 2.24) is 20.4 Å². The van der Waals surface area contributed by atoms with Gasteiger partial charge in [0.05, 0.1) is 6.61 Å². The first-order valence-corrected chi connectivity index (χ1v) is 14.0. The number of fused-ring (bicyclic) bond motifs is 1. The summed E-state index contributed by atoms with van der Waals surface area (Å²) in [6.07, 6.45) is 0. The van der Waals surface area contributed by atoms with Crippen LogP contribution in [-0.4, -0.2) is 96.2 Å². The topological polar surface area (TPSA) is 203 Å². The van der Waals surface area contributed by atoms with Crippen LogP contribution in [-0.2, 0) is 23.9 Å².